The number of rotatable bonds is 5. The molecule has 0 spiro atoms. The van der Waals surface area contributed by atoms with Gasteiger partial charge in [-0.2, -0.15) is 15.3 Å². The van der Waals surface area contributed by atoms with Crippen molar-refractivity contribution in [2.75, 3.05) is 20.1 Å². The molecule has 0 unspecified atom stereocenters. The van der Waals surface area contributed by atoms with Gasteiger partial charge in [0.2, 0.25) is 11.7 Å². The number of aromatic nitrogens is 5. The van der Waals surface area contributed by atoms with Crippen molar-refractivity contribution in [3.63, 3.8) is 0 Å². The summed E-state index contributed by atoms with van der Waals surface area (Å²) in [5.74, 6) is 0.436. The Hall–Kier alpha value is -4.03. The van der Waals surface area contributed by atoms with Gasteiger partial charge in [-0.1, -0.05) is 0 Å². The first-order chi connectivity index (χ1) is 16.8. The summed E-state index contributed by atoms with van der Waals surface area (Å²) in [4.78, 5) is 27.7. The number of nitrogens with one attached hydrogen (secondary N) is 1. The lowest BCUT2D eigenvalue weighted by molar-refractivity contribution is 0.103. The van der Waals surface area contributed by atoms with Crippen LogP contribution in [0.25, 0.3) is 22.3 Å². The molecule has 4 heterocycles. The molecule has 4 aromatic rings. The maximum atomic E-state index is 13.3. The molecule has 178 valence electrons. The lowest BCUT2D eigenvalue weighted by Gasteiger charge is -2.28. The predicted molar refractivity (Wildman–Crippen MR) is 131 cm³/mol. The van der Waals surface area contributed by atoms with Crippen LogP contribution in [0.3, 0.4) is 0 Å². The average molecular weight is 470 g/mol. The second-order valence-corrected chi connectivity index (χ2v) is 9.10. The van der Waals surface area contributed by atoms with E-state index in [1.54, 1.807) is 28.9 Å². The standard InChI is InChI=1S/C26H27N7O2/c1-15-23(16(2)33(4)31-15)20-13-17(5-6-18(20)14-27)24(34)26-28-21-7-8-22(29-25(21)30-26)35-19-9-11-32(3)12-10-19/h5-8,13,19H,9-12H2,1-4H3,(H,28,29,30). The van der Waals surface area contributed by atoms with Crippen LogP contribution in [0.15, 0.2) is 30.3 Å². The Kier molecular flexibility index (Phi) is 5.83. The molecule has 5 rings (SSSR count). The van der Waals surface area contributed by atoms with E-state index in [0.29, 0.717) is 33.7 Å². The summed E-state index contributed by atoms with van der Waals surface area (Å²) in [6, 6.07) is 10.9. The molecule has 0 amide bonds. The highest BCUT2D eigenvalue weighted by atomic mass is 16.5. The van der Waals surface area contributed by atoms with Crippen LogP contribution in [0.5, 0.6) is 5.88 Å². The highest BCUT2D eigenvalue weighted by molar-refractivity contribution is 6.08. The number of H-pyrrole nitrogens is 1. The van der Waals surface area contributed by atoms with E-state index in [1.807, 2.05) is 27.0 Å². The number of imidazole rings is 1. The summed E-state index contributed by atoms with van der Waals surface area (Å²) < 4.78 is 7.84. The molecule has 1 saturated heterocycles. The number of pyridine rings is 1. The molecular formula is C26H27N7O2. The number of ketones is 1. The third kappa shape index (κ3) is 4.29. The Morgan fingerprint density at radius 3 is 2.60 bits per heavy atom. The number of benzene rings is 1. The van der Waals surface area contributed by atoms with Crippen molar-refractivity contribution in [2.24, 2.45) is 7.05 Å². The van der Waals surface area contributed by atoms with Crippen molar-refractivity contribution in [3.8, 4) is 23.1 Å². The van der Waals surface area contributed by atoms with Gasteiger partial charge in [-0.15, -0.1) is 0 Å². The third-order valence-electron chi connectivity index (χ3n) is 6.67. The topological polar surface area (TPSA) is 113 Å². The van der Waals surface area contributed by atoms with Gasteiger partial charge in [0.1, 0.15) is 6.10 Å². The van der Waals surface area contributed by atoms with Crippen molar-refractivity contribution in [1.29, 1.82) is 5.26 Å². The summed E-state index contributed by atoms with van der Waals surface area (Å²) in [6.07, 6.45) is 2.04. The zero-order valence-corrected chi connectivity index (χ0v) is 20.3. The number of nitriles is 1. The minimum atomic E-state index is -0.272. The van der Waals surface area contributed by atoms with E-state index >= 15 is 0 Å². The minimum Gasteiger partial charge on any atom is -0.474 e. The smallest absolute Gasteiger partial charge is 0.228 e. The van der Waals surface area contributed by atoms with Gasteiger partial charge in [0, 0.05) is 48.6 Å². The van der Waals surface area contributed by atoms with Gasteiger partial charge in [0.15, 0.2) is 11.5 Å². The molecular weight excluding hydrogens is 442 g/mol. The van der Waals surface area contributed by atoms with Crippen molar-refractivity contribution >= 4 is 16.9 Å². The number of carbonyl (C=O) groups excluding carboxylic acids is 1. The fourth-order valence-electron chi connectivity index (χ4n) is 4.61. The number of carbonyl (C=O) groups is 1. The summed E-state index contributed by atoms with van der Waals surface area (Å²) in [5.41, 5.74) is 5.30. The van der Waals surface area contributed by atoms with E-state index in [-0.39, 0.29) is 17.7 Å². The Balaban J connectivity index is 1.44. The molecule has 0 atom stereocenters. The molecule has 0 bridgehead atoms. The monoisotopic (exact) mass is 469 g/mol. The van der Waals surface area contributed by atoms with Crippen LogP contribution in [0.2, 0.25) is 0 Å². The lowest BCUT2D eigenvalue weighted by atomic mass is 9.95. The second kappa shape index (κ2) is 8.96. The predicted octanol–water partition coefficient (Wildman–Crippen LogP) is 3.55. The number of piperidine rings is 1. The molecule has 0 saturated carbocycles. The SMILES string of the molecule is Cc1nn(C)c(C)c1-c1cc(C(=O)c2nc3nc(OC4CCN(C)CC4)ccc3[nH]2)ccc1C#N. The Morgan fingerprint density at radius 2 is 1.91 bits per heavy atom. The van der Waals surface area contributed by atoms with Gasteiger partial charge in [-0.05, 0) is 58.0 Å². The Bertz CT molecular complexity index is 1470. The summed E-state index contributed by atoms with van der Waals surface area (Å²) in [6.45, 7) is 5.84. The van der Waals surface area contributed by atoms with Gasteiger partial charge in [0.05, 0.1) is 22.8 Å². The van der Waals surface area contributed by atoms with E-state index in [4.69, 9.17) is 4.74 Å². The van der Waals surface area contributed by atoms with Crippen molar-refractivity contribution < 1.29 is 9.53 Å². The summed E-state index contributed by atoms with van der Waals surface area (Å²) >= 11 is 0. The fraction of sp³-hybridized carbons (Fsp3) is 0.346. The van der Waals surface area contributed by atoms with Crippen LogP contribution in [-0.4, -0.2) is 61.7 Å². The van der Waals surface area contributed by atoms with Crippen LogP contribution in [0.4, 0.5) is 0 Å². The van der Waals surface area contributed by atoms with Crippen LogP contribution in [0.1, 0.15) is 46.0 Å². The maximum absolute atomic E-state index is 13.3. The molecule has 1 aromatic carbocycles. The lowest BCUT2D eigenvalue weighted by Crippen LogP contribution is -2.35. The van der Waals surface area contributed by atoms with Crippen LogP contribution in [0, 0.1) is 25.2 Å². The minimum absolute atomic E-state index is 0.132. The number of nitrogens with zero attached hydrogens (tertiary/aromatic N) is 6. The van der Waals surface area contributed by atoms with Gasteiger partial charge in [0.25, 0.3) is 0 Å². The van der Waals surface area contributed by atoms with Crippen LogP contribution >= 0.6 is 0 Å². The number of likely N-dealkylation sites (tertiary alicyclic amines) is 1. The number of aromatic amines is 1. The summed E-state index contributed by atoms with van der Waals surface area (Å²) in [7, 11) is 3.97. The van der Waals surface area contributed by atoms with Gasteiger partial charge < -0.3 is 14.6 Å². The molecule has 1 aliphatic rings. The molecule has 1 N–H and O–H groups in total. The fourth-order valence-corrected chi connectivity index (χ4v) is 4.61. The number of hydrogen-bond acceptors (Lipinski definition) is 7. The highest BCUT2D eigenvalue weighted by Gasteiger charge is 2.22. The maximum Gasteiger partial charge on any atom is 0.228 e. The van der Waals surface area contributed by atoms with Gasteiger partial charge >= 0.3 is 0 Å². The Morgan fingerprint density at radius 1 is 1.14 bits per heavy atom. The second-order valence-electron chi connectivity index (χ2n) is 9.10. The van der Waals surface area contributed by atoms with E-state index in [0.717, 1.165) is 42.9 Å². The molecule has 35 heavy (non-hydrogen) atoms. The first-order valence-electron chi connectivity index (χ1n) is 11.7. The molecule has 9 heteroatoms. The number of ether oxygens (including phenoxy) is 1. The van der Waals surface area contributed by atoms with E-state index in [9.17, 15) is 10.1 Å². The molecule has 1 aliphatic heterocycles. The zero-order chi connectivity index (χ0) is 24.7. The van der Waals surface area contributed by atoms with Gasteiger partial charge in [-0.25, -0.2) is 4.98 Å². The van der Waals surface area contributed by atoms with E-state index in [2.05, 4.69) is 38.1 Å². The van der Waals surface area contributed by atoms with Crippen LogP contribution in [-0.2, 0) is 7.05 Å². The van der Waals surface area contributed by atoms with E-state index in [1.165, 1.54) is 0 Å². The highest BCUT2D eigenvalue weighted by Crippen LogP contribution is 2.31. The first kappa shape index (κ1) is 22.7. The molecule has 3 aromatic heterocycles. The molecule has 0 aliphatic carbocycles. The molecule has 1 fully saturated rings. The normalized spacial score (nSPS) is 14.8. The molecule has 0 radical (unpaired) electrons. The average Bonchev–Trinajstić information content (AvgIpc) is 3.39. The zero-order valence-electron chi connectivity index (χ0n) is 20.3. The first-order valence-corrected chi connectivity index (χ1v) is 11.7. The largest absolute Gasteiger partial charge is 0.474 e. The Labute approximate surface area is 203 Å². The van der Waals surface area contributed by atoms with Gasteiger partial charge in [-0.3, -0.25) is 9.48 Å². The van der Waals surface area contributed by atoms with Crippen LogP contribution < -0.4 is 4.74 Å². The van der Waals surface area contributed by atoms with Crippen molar-refractivity contribution in [3.05, 3.63) is 58.7 Å². The number of aryl methyl sites for hydroxylation is 2. The van der Waals surface area contributed by atoms with Crippen molar-refractivity contribution in [2.45, 2.75) is 32.8 Å². The van der Waals surface area contributed by atoms with E-state index < -0.39 is 0 Å². The quantitative estimate of drug-likeness (QED) is 0.445. The number of hydrogen-bond donors (Lipinski definition) is 1. The summed E-state index contributed by atoms with van der Waals surface area (Å²) in [5, 5.41) is 14.1. The molecule has 9 nitrogen and oxygen atoms in total. The van der Waals surface area contributed by atoms with Crippen molar-refractivity contribution in [1.82, 2.24) is 29.6 Å². The third-order valence-corrected chi connectivity index (χ3v) is 6.67. The number of fused-ring (bicyclic) bond motifs is 1.